The van der Waals surface area contributed by atoms with Gasteiger partial charge < -0.3 is 10.0 Å². The van der Waals surface area contributed by atoms with Gasteiger partial charge in [-0.25, -0.2) is 4.98 Å². The van der Waals surface area contributed by atoms with E-state index < -0.39 is 0 Å². The van der Waals surface area contributed by atoms with Crippen molar-refractivity contribution in [2.45, 2.75) is 6.10 Å². The van der Waals surface area contributed by atoms with Crippen molar-refractivity contribution in [3.8, 4) is 0 Å². The molecule has 2 aromatic heterocycles. The van der Waals surface area contributed by atoms with E-state index in [9.17, 15) is 5.11 Å². The number of imidazole rings is 1. The average molecular weight is 265 g/mol. The summed E-state index contributed by atoms with van der Waals surface area (Å²) in [6.45, 7) is 5.20. The number of aliphatic hydroxyl groups excluding tert-OH is 1. The standard InChI is InChI=1S/C16H15N3O/c1-2-11-3-4-15-14(7-11)17-16-8-12(5-6-19(15)16)18-9-13(20)10-18/h2-8,13,20H,1,9-10H2. The maximum Gasteiger partial charge on any atom is 0.139 e. The molecule has 0 bridgehead atoms. The van der Waals surface area contributed by atoms with Crippen LogP contribution < -0.4 is 4.90 Å². The van der Waals surface area contributed by atoms with E-state index in [2.05, 4.69) is 39.1 Å². The lowest BCUT2D eigenvalue weighted by molar-refractivity contribution is 0.142. The van der Waals surface area contributed by atoms with Crippen molar-refractivity contribution in [3.63, 3.8) is 0 Å². The van der Waals surface area contributed by atoms with Crippen LogP contribution in [0.4, 0.5) is 5.69 Å². The number of aromatic nitrogens is 2. The van der Waals surface area contributed by atoms with Crippen molar-refractivity contribution in [2.75, 3.05) is 18.0 Å². The highest BCUT2D eigenvalue weighted by atomic mass is 16.3. The van der Waals surface area contributed by atoms with Crippen LogP contribution in [0, 0.1) is 0 Å². The lowest BCUT2D eigenvalue weighted by atomic mass is 10.1. The molecule has 1 aromatic carbocycles. The summed E-state index contributed by atoms with van der Waals surface area (Å²) in [4.78, 5) is 6.82. The van der Waals surface area contributed by atoms with Crippen molar-refractivity contribution in [2.24, 2.45) is 0 Å². The molecule has 4 rings (SSSR count). The summed E-state index contributed by atoms with van der Waals surface area (Å²) in [6.07, 6.45) is 3.68. The first-order valence-corrected chi connectivity index (χ1v) is 6.72. The van der Waals surface area contributed by atoms with E-state index in [4.69, 9.17) is 0 Å². The van der Waals surface area contributed by atoms with Crippen molar-refractivity contribution >= 4 is 28.4 Å². The third-order valence-corrected chi connectivity index (χ3v) is 3.88. The molecule has 0 atom stereocenters. The number of hydrogen-bond acceptors (Lipinski definition) is 3. The van der Waals surface area contributed by atoms with Gasteiger partial charge in [0, 0.05) is 31.0 Å². The number of β-amino-alcohol motifs (C(OH)–C–C–N with tert-alkyl or cyclic N) is 1. The predicted octanol–water partition coefficient (Wildman–Crippen LogP) is 2.31. The van der Waals surface area contributed by atoms with E-state index in [-0.39, 0.29) is 6.10 Å². The SMILES string of the molecule is C=Cc1ccc2c(c1)nc1cc(N3CC(O)C3)ccn12. The molecule has 3 heterocycles. The molecule has 1 aliphatic heterocycles. The fourth-order valence-electron chi connectivity index (χ4n) is 2.71. The first-order valence-electron chi connectivity index (χ1n) is 6.72. The molecular formula is C16H15N3O. The molecule has 20 heavy (non-hydrogen) atoms. The maximum absolute atomic E-state index is 9.39. The third-order valence-electron chi connectivity index (χ3n) is 3.88. The van der Waals surface area contributed by atoms with E-state index >= 15 is 0 Å². The molecule has 0 aliphatic carbocycles. The fraction of sp³-hybridized carbons (Fsp3) is 0.188. The lowest BCUT2D eigenvalue weighted by Crippen LogP contribution is -2.50. The summed E-state index contributed by atoms with van der Waals surface area (Å²) in [5.41, 5.74) is 5.19. The molecule has 3 aromatic rings. The smallest absolute Gasteiger partial charge is 0.139 e. The van der Waals surface area contributed by atoms with E-state index in [1.807, 2.05) is 24.4 Å². The summed E-state index contributed by atoms with van der Waals surface area (Å²) in [5.74, 6) is 0. The van der Waals surface area contributed by atoms with Crippen LogP contribution in [0.2, 0.25) is 0 Å². The van der Waals surface area contributed by atoms with Crippen molar-refractivity contribution < 1.29 is 5.11 Å². The minimum Gasteiger partial charge on any atom is -0.389 e. The molecule has 1 saturated heterocycles. The lowest BCUT2D eigenvalue weighted by Gasteiger charge is -2.37. The van der Waals surface area contributed by atoms with Crippen molar-refractivity contribution in [1.82, 2.24) is 9.38 Å². The predicted molar refractivity (Wildman–Crippen MR) is 81.0 cm³/mol. The number of rotatable bonds is 2. The Kier molecular flexibility index (Phi) is 2.35. The third kappa shape index (κ3) is 1.62. The van der Waals surface area contributed by atoms with Gasteiger partial charge in [0.1, 0.15) is 5.65 Å². The van der Waals surface area contributed by atoms with Crippen molar-refractivity contribution in [1.29, 1.82) is 0 Å². The Labute approximate surface area is 116 Å². The second kappa shape index (κ2) is 4.08. The van der Waals surface area contributed by atoms with Crippen LogP contribution >= 0.6 is 0 Å². The Balaban J connectivity index is 1.85. The molecule has 4 nitrogen and oxygen atoms in total. The van der Waals surface area contributed by atoms with Crippen LogP contribution in [0.15, 0.2) is 43.1 Å². The largest absolute Gasteiger partial charge is 0.389 e. The van der Waals surface area contributed by atoms with Gasteiger partial charge in [-0.15, -0.1) is 0 Å². The van der Waals surface area contributed by atoms with Gasteiger partial charge in [0.2, 0.25) is 0 Å². The number of aliphatic hydroxyl groups is 1. The Hall–Kier alpha value is -2.33. The van der Waals surface area contributed by atoms with E-state index in [0.717, 1.165) is 27.9 Å². The highest BCUT2D eigenvalue weighted by Gasteiger charge is 2.24. The topological polar surface area (TPSA) is 40.8 Å². The highest BCUT2D eigenvalue weighted by molar-refractivity contribution is 5.83. The van der Waals surface area contributed by atoms with Crippen LogP contribution in [0.5, 0.6) is 0 Å². The van der Waals surface area contributed by atoms with Crippen LogP contribution in [-0.2, 0) is 0 Å². The van der Waals surface area contributed by atoms with E-state index in [1.165, 1.54) is 0 Å². The number of fused-ring (bicyclic) bond motifs is 3. The zero-order valence-corrected chi connectivity index (χ0v) is 11.0. The molecule has 4 heteroatoms. The molecule has 0 saturated carbocycles. The number of hydrogen-bond donors (Lipinski definition) is 1. The molecule has 0 amide bonds. The van der Waals surface area contributed by atoms with E-state index in [1.54, 1.807) is 0 Å². The molecule has 1 N–H and O–H groups in total. The Morgan fingerprint density at radius 1 is 1.25 bits per heavy atom. The van der Waals surface area contributed by atoms with Gasteiger partial charge in [-0.05, 0) is 23.8 Å². The van der Waals surface area contributed by atoms with Gasteiger partial charge in [0.25, 0.3) is 0 Å². The summed E-state index contributed by atoms with van der Waals surface area (Å²) in [7, 11) is 0. The van der Waals surface area contributed by atoms with Crippen LogP contribution in [0.1, 0.15) is 5.56 Å². The number of pyridine rings is 1. The molecule has 1 aliphatic rings. The average Bonchev–Trinajstić information content (AvgIpc) is 2.80. The molecular weight excluding hydrogens is 250 g/mol. The quantitative estimate of drug-likeness (QED) is 0.773. The molecule has 1 fully saturated rings. The second-order valence-corrected chi connectivity index (χ2v) is 5.24. The van der Waals surface area contributed by atoms with Gasteiger partial charge in [-0.3, -0.25) is 4.40 Å². The minimum atomic E-state index is -0.194. The van der Waals surface area contributed by atoms with Crippen molar-refractivity contribution in [3.05, 3.63) is 48.7 Å². The number of anilines is 1. The molecule has 0 unspecified atom stereocenters. The molecule has 100 valence electrons. The minimum absolute atomic E-state index is 0.194. The maximum atomic E-state index is 9.39. The highest BCUT2D eigenvalue weighted by Crippen LogP contribution is 2.25. The zero-order chi connectivity index (χ0) is 13.7. The Morgan fingerprint density at radius 2 is 2.10 bits per heavy atom. The molecule has 0 radical (unpaired) electrons. The summed E-state index contributed by atoms with van der Waals surface area (Å²) < 4.78 is 2.09. The Bertz CT molecular complexity index is 815. The number of benzene rings is 1. The fourth-order valence-corrected chi connectivity index (χ4v) is 2.71. The van der Waals surface area contributed by atoms with Crippen LogP contribution in [0.25, 0.3) is 22.8 Å². The van der Waals surface area contributed by atoms with Gasteiger partial charge in [-0.1, -0.05) is 18.7 Å². The monoisotopic (exact) mass is 265 g/mol. The zero-order valence-electron chi connectivity index (χ0n) is 11.0. The van der Waals surface area contributed by atoms with Gasteiger partial charge in [-0.2, -0.15) is 0 Å². The van der Waals surface area contributed by atoms with Gasteiger partial charge >= 0.3 is 0 Å². The van der Waals surface area contributed by atoms with Gasteiger partial charge in [0.05, 0.1) is 17.1 Å². The van der Waals surface area contributed by atoms with E-state index in [0.29, 0.717) is 13.1 Å². The number of nitrogens with zero attached hydrogens (tertiary/aromatic N) is 3. The van der Waals surface area contributed by atoms with Crippen LogP contribution in [0.3, 0.4) is 0 Å². The first-order chi connectivity index (χ1) is 9.74. The normalized spacial score (nSPS) is 15.8. The Morgan fingerprint density at radius 3 is 2.85 bits per heavy atom. The summed E-state index contributed by atoms with van der Waals surface area (Å²) in [5, 5.41) is 9.39. The molecule has 0 spiro atoms. The summed E-state index contributed by atoms with van der Waals surface area (Å²) >= 11 is 0. The second-order valence-electron chi connectivity index (χ2n) is 5.24. The van der Waals surface area contributed by atoms with Crippen LogP contribution in [-0.4, -0.2) is 33.7 Å². The van der Waals surface area contributed by atoms with Gasteiger partial charge in [0.15, 0.2) is 0 Å². The first kappa shape index (κ1) is 11.5. The summed E-state index contributed by atoms with van der Waals surface area (Å²) in [6, 6.07) is 10.3.